The van der Waals surface area contributed by atoms with E-state index in [2.05, 4.69) is 37.9 Å². The van der Waals surface area contributed by atoms with E-state index in [1.54, 1.807) is 0 Å². The van der Waals surface area contributed by atoms with Crippen LogP contribution in [0.4, 0.5) is 0 Å². The molecule has 2 N–H and O–H groups in total. The molecule has 0 radical (unpaired) electrons. The van der Waals surface area contributed by atoms with Crippen LogP contribution in [0.25, 0.3) is 0 Å². The highest BCUT2D eigenvalue weighted by Gasteiger charge is 2.20. The van der Waals surface area contributed by atoms with Crippen molar-refractivity contribution in [2.45, 2.75) is 45.7 Å². The van der Waals surface area contributed by atoms with E-state index in [1.807, 2.05) is 19.1 Å². The van der Waals surface area contributed by atoms with Crippen molar-refractivity contribution in [2.24, 2.45) is 5.73 Å². The van der Waals surface area contributed by atoms with E-state index in [4.69, 9.17) is 10.5 Å². The van der Waals surface area contributed by atoms with E-state index in [1.165, 1.54) is 5.56 Å². The molecule has 19 heavy (non-hydrogen) atoms. The Labute approximate surface area is 117 Å². The minimum absolute atomic E-state index is 0.278. The molecule has 1 atom stereocenters. The third-order valence-electron chi connectivity index (χ3n) is 3.81. The molecule has 1 unspecified atom stereocenters. The fraction of sp³-hybridized carbons (Fsp3) is 0.625. The van der Waals surface area contributed by atoms with Crippen LogP contribution in [-0.4, -0.2) is 31.1 Å². The maximum absolute atomic E-state index is 5.98. The average Bonchev–Trinajstić information content (AvgIpc) is 2.43. The van der Waals surface area contributed by atoms with Gasteiger partial charge in [-0.3, -0.25) is 4.90 Å². The first-order valence-corrected chi connectivity index (χ1v) is 7.32. The van der Waals surface area contributed by atoms with Crippen LogP contribution in [0.3, 0.4) is 0 Å². The summed E-state index contributed by atoms with van der Waals surface area (Å²) in [6.07, 6.45) is 2.31. The predicted molar refractivity (Wildman–Crippen MR) is 81.5 cm³/mol. The van der Waals surface area contributed by atoms with Crippen molar-refractivity contribution in [1.29, 1.82) is 0 Å². The topological polar surface area (TPSA) is 38.5 Å². The second-order valence-electron chi connectivity index (χ2n) is 4.89. The molecule has 3 nitrogen and oxygen atoms in total. The van der Waals surface area contributed by atoms with Gasteiger partial charge < -0.3 is 10.5 Å². The first-order valence-electron chi connectivity index (χ1n) is 7.32. The number of nitrogens with zero attached hydrogens (tertiary/aromatic N) is 1. The van der Waals surface area contributed by atoms with Crippen LogP contribution in [0.1, 0.15) is 45.2 Å². The lowest BCUT2D eigenvalue weighted by Gasteiger charge is -2.34. The normalized spacial score (nSPS) is 13.0. The summed E-state index contributed by atoms with van der Waals surface area (Å²) in [6, 6.07) is 9.17. The summed E-state index contributed by atoms with van der Waals surface area (Å²) in [5, 5.41) is 0. The van der Waals surface area contributed by atoms with Crippen molar-refractivity contribution < 1.29 is 4.74 Å². The van der Waals surface area contributed by atoms with E-state index in [0.29, 0.717) is 19.2 Å². The number of hydrogen-bond donors (Lipinski definition) is 1. The van der Waals surface area contributed by atoms with Crippen LogP contribution >= 0.6 is 0 Å². The molecule has 0 fully saturated rings. The molecule has 0 saturated heterocycles. The Hall–Kier alpha value is -1.06. The summed E-state index contributed by atoms with van der Waals surface area (Å²) in [5.74, 6) is 0.923. The summed E-state index contributed by atoms with van der Waals surface area (Å²) < 4.78 is 5.48. The van der Waals surface area contributed by atoms with Gasteiger partial charge in [0, 0.05) is 18.6 Å². The molecule has 0 bridgehead atoms. The zero-order chi connectivity index (χ0) is 14.3. The van der Waals surface area contributed by atoms with Crippen LogP contribution in [0.15, 0.2) is 24.3 Å². The predicted octanol–water partition coefficient (Wildman–Crippen LogP) is 3.21. The molecular weight excluding hydrogens is 236 g/mol. The lowest BCUT2D eigenvalue weighted by Crippen LogP contribution is -2.38. The fourth-order valence-electron chi connectivity index (χ4n) is 2.61. The molecule has 0 aliphatic heterocycles. The quantitative estimate of drug-likeness (QED) is 0.783. The number of ether oxygens (including phenoxy) is 1. The third kappa shape index (κ3) is 4.22. The molecule has 108 valence electrons. The highest BCUT2D eigenvalue weighted by atomic mass is 16.5. The molecule has 3 heteroatoms. The number of rotatable bonds is 8. The van der Waals surface area contributed by atoms with Gasteiger partial charge in [-0.2, -0.15) is 0 Å². The van der Waals surface area contributed by atoms with Crippen molar-refractivity contribution in [3.8, 4) is 5.75 Å². The summed E-state index contributed by atoms with van der Waals surface area (Å²) in [4.78, 5) is 2.40. The van der Waals surface area contributed by atoms with Gasteiger partial charge in [0.15, 0.2) is 0 Å². The molecular formula is C16H28N2O. The van der Waals surface area contributed by atoms with E-state index < -0.39 is 0 Å². The van der Waals surface area contributed by atoms with Crippen LogP contribution in [0, 0.1) is 0 Å². The van der Waals surface area contributed by atoms with Crippen LogP contribution in [-0.2, 0) is 0 Å². The van der Waals surface area contributed by atoms with Gasteiger partial charge in [0.1, 0.15) is 5.75 Å². The molecule has 1 rings (SSSR count). The van der Waals surface area contributed by atoms with Gasteiger partial charge >= 0.3 is 0 Å². The SMILES string of the molecule is CCOc1ccc(C(CN)N(C)C(CC)CC)cc1. The van der Waals surface area contributed by atoms with Crippen molar-refractivity contribution in [2.75, 3.05) is 20.2 Å². The standard InChI is InChI=1S/C16H28N2O/c1-5-14(6-2)18(4)16(12-17)13-8-10-15(11-9-13)19-7-3/h8-11,14,16H,5-7,12,17H2,1-4H3. The molecule has 1 aromatic carbocycles. The minimum atomic E-state index is 0.278. The van der Waals surface area contributed by atoms with Crippen molar-refractivity contribution in [3.05, 3.63) is 29.8 Å². The van der Waals surface area contributed by atoms with Gasteiger partial charge in [-0.1, -0.05) is 26.0 Å². The lowest BCUT2D eigenvalue weighted by molar-refractivity contribution is 0.167. The molecule has 0 amide bonds. The number of benzene rings is 1. The average molecular weight is 264 g/mol. The van der Waals surface area contributed by atoms with Gasteiger partial charge in [0.05, 0.1) is 6.61 Å². The van der Waals surface area contributed by atoms with Gasteiger partial charge in [-0.05, 0) is 44.5 Å². The Morgan fingerprint density at radius 2 is 1.68 bits per heavy atom. The molecule has 0 aromatic heterocycles. The number of likely N-dealkylation sites (N-methyl/N-ethyl adjacent to an activating group) is 1. The third-order valence-corrected chi connectivity index (χ3v) is 3.81. The van der Waals surface area contributed by atoms with Gasteiger partial charge in [0.2, 0.25) is 0 Å². The Kier molecular flexibility index (Phi) is 6.89. The summed E-state index contributed by atoms with van der Waals surface area (Å²) >= 11 is 0. The van der Waals surface area contributed by atoms with Gasteiger partial charge in [-0.25, -0.2) is 0 Å². The molecule has 1 aromatic rings. The Balaban J connectivity index is 2.83. The van der Waals surface area contributed by atoms with Crippen molar-refractivity contribution >= 4 is 0 Å². The summed E-state index contributed by atoms with van der Waals surface area (Å²) in [7, 11) is 2.17. The number of hydrogen-bond acceptors (Lipinski definition) is 3. The first kappa shape index (κ1) is 16.0. The van der Waals surface area contributed by atoms with Crippen LogP contribution in [0.2, 0.25) is 0 Å². The van der Waals surface area contributed by atoms with Crippen molar-refractivity contribution in [1.82, 2.24) is 4.90 Å². The molecule has 0 spiro atoms. The molecule has 0 heterocycles. The second kappa shape index (κ2) is 8.18. The second-order valence-corrected chi connectivity index (χ2v) is 4.89. The maximum atomic E-state index is 5.98. The zero-order valence-electron chi connectivity index (χ0n) is 12.7. The van der Waals surface area contributed by atoms with Gasteiger partial charge in [-0.15, -0.1) is 0 Å². The zero-order valence-corrected chi connectivity index (χ0v) is 12.7. The van der Waals surface area contributed by atoms with Crippen molar-refractivity contribution in [3.63, 3.8) is 0 Å². The summed E-state index contributed by atoms with van der Waals surface area (Å²) in [5.41, 5.74) is 7.24. The molecule has 0 aliphatic carbocycles. The largest absolute Gasteiger partial charge is 0.494 e. The van der Waals surface area contributed by atoms with Gasteiger partial charge in [0.25, 0.3) is 0 Å². The Morgan fingerprint density at radius 3 is 2.11 bits per heavy atom. The Morgan fingerprint density at radius 1 is 1.11 bits per heavy atom. The smallest absolute Gasteiger partial charge is 0.119 e. The highest BCUT2D eigenvalue weighted by molar-refractivity contribution is 5.29. The van der Waals surface area contributed by atoms with Crippen LogP contribution in [0.5, 0.6) is 5.75 Å². The Bertz CT molecular complexity index is 346. The molecule has 0 saturated carbocycles. The van der Waals surface area contributed by atoms with E-state index in [0.717, 1.165) is 18.6 Å². The lowest BCUT2D eigenvalue weighted by atomic mass is 10.0. The van der Waals surface area contributed by atoms with Crippen LogP contribution < -0.4 is 10.5 Å². The minimum Gasteiger partial charge on any atom is -0.494 e. The molecule has 0 aliphatic rings. The number of nitrogens with two attached hydrogens (primary N) is 1. The van der Waals surface area contributed by atoms with E-state index in [-0.39, 0.29) is 6.04 Å². The summed E-state index contributed by atoms with van der Waals surface area (Å²) in [6.45, 7) is 7.80. The highest BCUT2D eigenvalue weighted by Crippen LogP contribution is 2.24. The first-order chi connectivity index (χ1) is 9.17. The van der Waals surface area contributed by atoms with E-state index >= 15 is 0 Å². The maximum Gasteiger partial charge on any atom is 0.119 e. The van der Waals surface area contributed by atoms with E-state index in [9.17, 15) is 0 Å². The fourth-order valence-corrected chi connectivity index (χ4v) is 2.61. The monoisotopic (exact) mass is 264 g/mol.